The first-order valence-electron chi connectivity index (χ1n) is 7.04. The van der Waals surface area contributed by atoms with Crippen LogP contribution in [0.15, 0.2) is 28.8 Å². The molecule has 0 aliphatic rings. The summed E-state index contributed by atoms with van der Waals surface area (Å²) >= 11 is 1.56. The van der Waals surface area contributed by atoms with Gasteiger partial charge in [0.05, 0.1) is 22.8 Å². The van der Waals surface area contributed by atoms with Crippen molar-refractivity contribution in [3.05, 3.63) is 41.3 Å². The van der Waals surface area contributed by atoms with Gasteiger partial charge in [-0.05, 0) is 26.0 Å². The molecule has 1 aromatic heterocycles. The fraction of sp³-hybridized carbons (Fsp3) is 0.375. The number of hydrogen-bond donors (Lipinski definition) is 1. The third-order valence-electron chi connectivity index (χ3n) is 3.32. The normalized spacial score (nSPS) is 10.5. The van der Waals surface area contributed by atoms with Gasteiger partial charge in [0, 0.05) is 25.4 Å². The molecule has 0 aliphatic carbocycles. The minimum atomic E-state index is -0.00828. The first-order chi connectivity index (χ1) is 10.5. The number of aryl methyl sites for hydroxylation is 2. The van der Waals surface area contributed by atoms with Crippen LogP contribution in [0.3, 0.4) is 0 Å². The summed E-state index contributed by atoms with van der Waals surface area (Å²) in [7, 11) is 3.91. The van der Waals surface area contributed by atoms with Gasteiger partial charge in [0.2, 0.25) is 5.91 Å². The predicted octanol–water partition coefficient (Wildman–Crippen LogP) is 3.23. The molecule has 22 heavy (non-hydrogen) atoms. The molecule has 0 atom stereocenters. The van der Waals surface area contributed by atoms with Gasteiger partial charge in [0.15, 0.2) is 0 Å². The van der Waals surface area contributed by atoms with E-state index in [2.05, 4.69) is 10.5 Å². The van der Waals surface area contributed by atoms with Crippen LogP contribution >= 0.6 is 11.8 Å². The van der Waals surface area contributed by atoms with Gasteiger partial charge >= 0.3 is 0 Å². The van der Waals surface area contributed by atoms with E-state index in [-0.39, 0.29) is 5.91 Å². The maximum Gasteiger partial charge on any atom is 0.234 e. The van der Waals surface area contributed by atoms with Crippen molar-refractivity contribution in [2.45, 2.75) is 19.6 Å². The van der Waals surface area contributed by atoms with Gasteiger partial charge in [-0.3, -0.25) is 4.79 Å². The topological polar surface area (TPSA) is 58.4 Å². The zero-order valence-corrected chi connectivity index (χ0v) is 14.2. The summed E-state index contributed by atoms with van der Waals surface area (Å²) in [6.45, 7) is 3.81. The first kappa shape index (κ1) is 16.4. The van der Waals surface area contributed by atoms with Crippen LogP contribution in [-0.2, 0) is 10.5 Å². The molecule has 0 unspecified atom stereocenters. The Kier molecular flexibility index (Phi) is 5.49. The van der Waals surface area contributed by atoms with Crippen molar-refractivity contribution in [1.29, 1.82) is 0 Å². The minimum absolute atomic E-state index is 0.00828. The molecule has 5 nitrogen and oxygen atoms in total. The van der Waals surface area contributed by atoms with E-state index >= 15 is 0 Å². The Bertz CT molecular complexity index is 633. The molecule has 1 aromatic carbocycles. The highest BCUT2D eigenvalue weighted by atomic mass is 32.2. The average molecular weight is 319 g/mol. The van der Waals surface area contributed by atoms with Gasteiger partial charge in [-0.1, -0.05) is 17.3 Å². The second-order valence-electron chi connectivity index (χ2n) is 5.26. The molecular formula is C16H21N3O2S. The summed E-state index contributed by atoms with van der Waals surface area (Å²) in [6, 6.07) is 7.76. The van der Waals surface area contributed by atoms with E-state index in [9.17, 15) is 4.79 Å². The molecule has 1 N–H and O–H groups in total. The van der Waals surface area contributed by atoms with Gasteiger partial charge in [-0.25, -0.2) is 0 Å². The van der Waals surface area contributed by atoms with Crippen molar-refractivity contribution in [1.82, 2.24) is 5.16 Å². The number of nitrogens with zero attached hydrogens (tertiary/aromatic N) is 2. The zero-order valence-electron chi connectivity index (χ0n) is 13.3. The molecule has 2 rings (SSSR count). The van der Waals surface area contributed by atoms with Gasteiger partial charge in [0.1, 0.15) is 5.76 Å². The third-order valence-corrected chi connectivity index (χ3v) is 4.28. The Morgan fingerprint density at radius 2 is 2.05 bits per heavy atom. The Labute approximate surface area is 135 Å². The fourth-order valence-electron chi connectivity index (χ4n) is 2.11. The lowest BCUT2D eigenvalue weighted by Crippen LogP contribution is -2.18. The van der Waals surface area contributed by atoms with Crippen LogP contribution in [-0.4, -0.2) is 30.9 Å². The summed E-state index contributed by atoms with van der Waals surface area (Å²) < 4.78 is 5.12. The Morgan fingerprint density at radius 3 is 2.68 bits per heavy atom. The van der Waals surface area contributed by atoms with Crippen molar-refractivity contribution < 1.29 is 9.32 Å². The second-order valence-corrected chi connectivity index (χ2v) is 6.24. The molecule has 1 heterocycles. The smallest absolute Gasteiger partial charge is 0.234 e. The van der Waals surface area contributed by atoms with Crippen molar-refractivity contribution in [2.75, 3.05) is 30.1 Å². The number of aromatic nitrogens is 1. The maximum atomic E-state index is 12.1. The second kappa shape index (κ2) is 7.35. The van der Waals surface area contributed by atoms with E-state index in [4.69, 9.17) is 4.52 Å². The van der Waals surface area contributed by atoms with Crippen LogP contribution in [0.5, 0.6) is 0 Å². The van der Waals surface area contributed by atoms with Gasteiger partial charge in [0.25, 0.3) is 0 Å². The molecule has 0 fully saturated rings. The lowest BCUT2D eigenvalue weighted by Gasteiger charge is -2.17. The lowest BCUT2D eigenvalue weighted by molar-refractivity contribution is -0.113. The van der Waals surface area contributed by atoms with E-state index < -0.39 is 0 Å². The fourth-order valence-corrected chi connectivity index (χ4v) is 3.09. The molecule has 0 saturated carbocycles. The number of amides is 1. The third kappa shape index (κ3) is 4.04. The molecule has 0 spiro atoms. The molecular weight excluding hydrogens is 298 g/mol. The summed E-state index contributed by atoms with van der Waals surface area (Å²) in [5, 5.41) is 6.88. The van der Waals surface area contributed by atoms with Gasteiger partial charge in [-0.15, -0.1) is 11.8 Å². The molecule has 6 heteroatoms. The van der Waals surface area contributed by atoms with Crippen LogP contribution in [0.2, 0.25) is 0 Å². The summed E-state index contributed by atoms with van der Waals surface area (Å²) in [5.74, 6) is 1.94. The van der Waals surface area contributed by atoms with Crippen LogP contribution in [0, 0.1) is 13.8 Å². The van der Waals surface area contributed by atoms with E-state index in [1.807, 2.05) is 57.1 Å². The molecule has 1 amide bonds. The predicted molar refractivity (Wildman–Crippen MR) is 91.5 cm³/mol. The number of para-hydroxylation sites is 2. The molecule has 0 bridgehead atoms. The molecule has 118 valence electrons. The highest BCUT2D eigenvalue weighted by molar-refractivity contribution is 7.99. The Hall–Kier alpha value is -1.95. The number of carbonyl (C=O) groups excluding carboxylic acids is 1. The first-order valence-corrected chi connectivity index (χ1v) is 8.20. The van der Waals surface area contributed by atoms with Crippen LogP contribution < -0.4 is 10.2 Å². The molecule has 2 aromatic rings. The van der Waals surface area contributed by atoms with E-state index in [1.165, 1.54) is 0 Å². The molecule has 0 aliphatic heterocycles. The van der Waals surface area contributed by atoms with E-state index in [0.717, 1.165) is 34.1 Å². The Morgan fingerprint density at radius 1 is 1.32 bits per heavy atom. The largest absolute Gasteiger partial charge is 0.376 e. The summed E-state index contributed by atoms with van der Waals surface area (Å²) in [5.41, 5.74) is 3.79. The Balaban J connectivity index is 1.89. The number of thioether (sulfide) groups is 1. The quantitative estimate of drug-likeness (QED) is 0.886. The molecule has 0 saturated heterocycles. The number of rotatable bonds is 6. The van der Waals surface area contributed by atoms with Crippen molar-refractivity contribution >= 4 is 29.0 Å². The van der Waals surface area contributed by atoms with Crippen LogP contribution in [0.1, 0.15) is 17.0 Å². The number of benzene rings is 1. The monoisotopic (exact) mass is 319 g/mol. The highest BCUT2D eigenvalue weighted by Gasteiger charge is 2.11. The molecule has 0 radical (unpaired) electrons. The van der Waals surface area contributed by atoms with Gasteiger partial charge < -0.3 is 14.7 Å². The van der Waals surface area contributed by atoms with Crippen LogP contribution in [0.25, 0.3) is 0 Å². The maximum absolute atomic E-state index is 12.1. The average Bonchev–Trinajstić information content (AvgIpc) is 2.79. The van der Waals surface area contributed by atoms with E-state index in [0.29, 0.717) is 5.75 Å². The van der Waals surface area contributed by atoms with Crippen molar-refractivity contribution in [3.63, 3.8) is 0 Å². The number of carbonyl (C=O) groups is 1. The van der Waals surface area contributed by atoms with Crippen molar-refractivity contribution in [2.24, 2.45) is 0 Å². The zero-order chi connectivity index (χ0) is 16.1. The standard InChI is InChI=1S/C16H21N3O2S/c1-11-13(12(2)21-18-11)9-22-10-16(20)17-14-7-5-6-8-15(14)19(3)4/h5-8H,9-10H2,1-4H3,(H,17,20). The van der Waals surface area contributed by atoms with Crippen molar-refractivity contribution in [3.8, 4) is 0 Å². The van der Waals surface area contributed by atoms with Gasteiger partial charge in [-0.2, -0.15) is 0 Å². The number of nitrogens with one attached hydrogen (secondary N) is 1. The number of hydrogen-bond acceptors (Lipinski definition) is 5. The minimum Gasteiger partial charge on any atom is -0.376 e. The SMILES string of the molecule is Cc1noc(C)c1CSCC(=O)Nc1ccccc1N(C)C. The summed E-state index contributed by atoms with van der Waals surface area (Å²) in [6.07, 6.45) is 0. The van der Waals surface area contributed by atoms with Crippen LogP contribution in [0.4, 0.5) is 11.4 Å². The van der Waals surface area contributed by atoms with E-state index in [1.54, 1.807) is 11.8 Å². The number of anilines is 2. The summed E-state index contributed by atoms with van der Waals surface area (Å²) in [4.78, 5) is 14.1. The highest BCUT2D eigenvalue weighted by Crippen LogP contribution is 2.24. The lowest BCUT2D eigenvalue weighted by atomic mass is 10.2.